The summed E-state index contributed by atoms with van der Waals surface area (Å²) in [4.78, 5) is 15.4. The molecule has 0 unspecified atom stereocenters. The van der Waals surface area contributed by atoms with E-state index in [1.54, 1.807) is 11.3 Å². The molecule has 2 aromatic rings. The van der Waals surface area contributed by atoms with Crippen molar-refractivity contribution in [3.8, 4) is 0 Å². The van der Waals surface area contributed by atoms with Crippen LogP contribution in [0.15, 0.2) is 41.8 Å². The van der Waals surface area contributed by atoms with Crippen LogP contribution in [0, 0.1) is 6.92 Å². The highest BCUT2D eigenvalue weighted by Gasteiger charge is 2.09. The molecule has 2 rings (SSSR count). The molecule has 0 aliphatic rings. The molecule has 2 nitrogen and oxygen atoms in total. The fourth-order valence-corrected chi connectivity index (χ4v) is 2.58. The lowest BCUT2D eigenvalue weighted by Gasteiger charge is -2.14. The largest absolute Gasteiger partial charge is 0.294 e. The third-order valence-electron chi connectivity index (χ3n) is 2.79. The van der Waals surface area contributed by atoms with E-state index in [-0.39, 0.29) is 5.78 Å². The van der Waals surface area contributed by atoms with Gasteiger partial charge in [0.2, 0.25) is 0 Å². The van der Waals surface area contributed by atoms with E-state index in [1.807, 2.05) is 49.2 Å². The smallest absolute Gasteiger partial charge is 0.176 e. The van der Waals surface area contributed by atoms with Gasteiger partial charge in [-0.25, -0.2) is 0 Å². The maximum Gasteiger partial charge on any atom is 0.176 e. The molecule has 0 saturated carbocycles. The quantitative estimate of drug-likeness (QED) is 0.767. The number of hydrogen-bond donors (Lipinski definition) is 0. The first-order valence-electron chi connectivity index (χ1n) is 5.96. The molecule has 0 saturated heterocycles. The predicted octanol–water partition coefficient (Wildman–Crippen LogP) is 3.37. The molecule has 0 aliphatic heterocycles. The van der Waals surface area contributed by atoms with Crippen LogP contribution in [0.2, 0.25) is 0 Å². The Morgan fingerprint density at radius 3 is 2.56 bits per heavy atom. The summed E-state index contributed by atoms with van der Waals surface area (Å²) in [7, 11) is 1.98. The van der Waals surface area contributed by atoms with Gasteiger partial charge < -0.3 is 0 Å². The fourth-order valence-electron chi connectivity index (χ4n) is 1.80. The maximum absolute atomic E-state index is 12.1. The van der Waals surface area contributed by atoms with Crippen LogP contribution in [0.3, 0.4) is 0 Å². The van der Waals surface area contributed by atoms with Crippen LogP contribution < -0.4 is 0 Å². The van der Waals surface area contributed by atoms with E-state index in [0.717, 1.165) is 12.1 Å². The van der Waals surface area contributed by atoms with Crippen molar-refractivity contribution < 1.29 is 4.79 Å². The number of rotatable bonds is 5. The minimum atomic E-state index is 0.175. The van der Waals surface area contributed by atoms with Gasteiger partial charge in [0.15, 0.2) is 5.78 Å². The van der Waals surface area contributed by atoms with Crippen LogP contribution in [-0.4, -0.2) is 24.3 Å². The molecule has 0 radical (unpaired) electrons. The first-order valence-corrected chi connectivity index (χ1v) is 6.84. The molecule has 0 fully saturated rings. The zero-order chi connectivity index (χ0) is 13.0. The Labute approximate surface area is 112 Å². The van der Waals surface area contributed by atoms with Gasteiger partial charge in [-0.2, -0.15) is 0 Å². The van der Waals surface area contributed by atoms with Gasteiger partial charge in [0.1, 0.15) is 0 Å². The van der Waals surface area contributed by atoms with E-state index in [4.69, 9.17) is 0 Å². The Kier molecular flexibility index (Phi) is 4.28. The lowest BCUT2D eigenvalue weighted by Crippen LogP contribution is -2.25. The number of carbonyl (C=O) groups is 1. The molecule has 3 heteroatoms. The second-order valence-corrected chi connectivity index (χ2v) is 5.57. The van der Waals surface area contributed by atoms with Gasteiger partial charge in [0.05, 0.1) is 6.54 Å². The lowest BCUT2D eigenvalue weighted by atomic mass is 10.1. The number of benzene rings is 1. The van der Waals surface area contributed by atoms with E-state index < -0.39 is 0 Å². The van der Waals surface area contributed by atoms with Crippen molar-refractivity contribution in [1.29, 1.82) is 0 Å². The standard InChI is InChI=1S/C15H17NOS/c1-12-5-7-13(8-6-12)15(17)11-16(2)10-14-4-3-9-18-14/h3-9H,10-11H2,1-2H3. The summed E-state index contributed by atoms with van der Waals surface area (Å²) >= 11 is 1.72. The lowest BCUT2D eigenvalue weighted by molar-refractivity contribution is 0.0943. The highest BCUT2D eigenvalue weighted by Crippen LogP contribution is 2.11. The van der Waals surface area contributed by atoms with Gasteiger partial charge in [-0.3, -0.25) is 9.69 Å². The van der Waals surface area contributed by atoms with Gasteiger partial charge in [-0.15, -0.1) is 11.3 Å². The molecule has 1 aromatic carbocycles. The van der Waals surface area contributed by atoms with Gasteiger partial charge in [-0.1, -0.05) is 35.9 Å². The summed E-state index contributed by atoms with van der Waals surface area (Å²) in [6.45, 7) is 3.31. The van der Waals surface area contributed by atoms with Crippen molar-refractivity contribution in [2.45, 2.75) is 13.5 Å². The highest BCUT2D eigenvalue weighted by molar-refractivity contribution is 7.09. The number of ketones is 1. The summed E-state index contributed by atoms with van der Waals surface area (Å²) in [5, 5.41) is 2.06. The van der Waals surface area contributed by atoms with Crippen LogP contribution in [0.1, 0.15) is 20.8 Å². The van der Waals surface area contributed by atoms with Crippen molar-refractivity contribution in [3.63, 3.8) is 0 Å². The summed E-state index contributed by atoms with van der Waals surface area (Å²) in [6.07, 6.45) is 0. The van der Waals surface area contributed by atoms with Crippen LogP contribution in [-0.2, 0) is 6.54 Å². The Hall–Kier alpha value is -1.45. The molecule has 18 heavy (non-hydrogen) atoms. The predicted molar refractivity (Wildman–Crippen MR) is 76.2 cm³/mol. The van der Waals surface area contributed by atoms with E-state index >= 15 is 0 Å². The second kappa shape index (κ2) is 5.94. The Balaban J connectivity index is 1.92. The SMILES string of the molecule is Cc1ccc(C(=O)CN(C)Cc2cccs2)cc1. The zero-order valence-electron chi connectivity index (χ0n) is 10.7. The maximum atomic E-state index is 12.1. The van der Waals surface area contributed by atoms with E-state index in [9.17, 15) is 4.79 Å². The van der Waals surface area contributed by atoms with E-state index in [0.29, 0.717) is 6.54 Å². The van der Waals surface area contributed by atoms with Crippen molar-refractivity contribution in [2.75, 3.05) is 13.6 Å². The molecule has 0 spiro atoms. The number of likely N-dealkylation sites (N-methyl/N-ethyl adjacent to an activating group) is 1. The van der Waals surface area contributed by atoms with Crippen LogP contribution >= 0.6 is 11.3 Å². The number of Topliss-reactive ketones (excluding diaryl/α,β-unsaturated/α-hetero) is 1. The Bertz CT molecular complexity index is 502. The third-order valence-corrected chi connectivity index (χ3v) is 3.65. The van der Waals surface area contributed by atoms with Gasteiger partial charge in [0, 0.05) is 17.0 Å². The molecule has 0 aliphatic carbocycles. The van der Waals surface area contributed by atoms with Crippen LogP contribution in [0.25, 0.3) is 0 Å². The number of nitrogens with zero attached hydrogens (tertiary/aromatic N) is 1. The topological polar surface area (TPSA) is 20.3 Å². The fraction of sp³-hybridized carbons (Fsp3) is 0.267. The first-order chi connectivity index (χ1) is 8.65. The zero-order valence-corrected chi connectivity index (χ0v) is 11.5. The molecule has 94 valence electrons. The van der Waals surface area contributed by atoms with Crippen molar-refractivity contribution in [3.05, 3.63) is 57.8 Å². The Morgan fingerprint density at radius 2 is 1.94 bits per heavy atom. The highest BCUT2D eigenvalue weighted by atomic mass is 32.1. The summed E-state index contributed by atoms with van der Waals surface area (Å²) in [5.74, 6) is 0.175. The normalized spacial score (nSPS) is 10.8. The molecular weight excluding hydrogens is 242 g/mol. The molecule has 1 aromatic heterocycles. The first kappa shape index (κ1) is 13.0. The molecule has 0 amide bonds. The number of hydrogen-bond acceptors (Lipinski definition) is 3. The number of carbonyl (C=O) groups excluding carboxylic acids is 1. The van der Waals surface area contributed by atoms with Crippen LogP contribution in [0.4, 0.5) is 0 Å². The third kappa shape index (κ3) is 3.52. The minimum absolute atomic E-state index is 0.175. The van der Waals surface area contributed by atoms with Gasteiger partial charge in [0.25, 0.3) is 0 Å². The molecular formula is C15H17NOS. The van der Waals surface area contributed by atoms with Gasteiger partial charge >= 0.3 is 0 Å². The summed E-state index contributed by atoms with van der Waals surface area (Å²) < 4.78 is 0. The number of aryl methyl sites for hydroxylation is 1. The van der Waals surface area contributed by atoms with E-state index in [2.05, 4.69) is 11.4 Å². The van der Waals surface area contributed by atoms with E-state index in [1.165, 1.54) is 10.4 Å². The average Bonchev–Trinajstić information content (AvgIpc) is 2.82. The molecule has 0 atom stereocenters. The Morgan fingerprint density at radius 1 is 1.22 bits per heavy atom. The molecule has 0 N–H and O–H groups in total. The van der Waals surface area contributed by atoms with Crippen molar-refractivity contribution in [2.24, 2.45) is 0 Å². The summed E-state index contributed by atoms with van der Waals surface area (Å²) in [6, 6.07) is 11.9. The van der Waals surface area contributed by atoms with Crippen molar-refractivity contribution in [1.82, 2.24) is 4.90 Å². The average molecular weight is 259 g/mol. The molecule has 0 bridgehead atoms. The van der Waals surface area contributed by atoms with Gasteiger partial charge in [-0.05, 0) is 25.4 Å². The van der Waals surface area contributed by atoms with Crippen molar-refractivity contribution >= 4 is 17.1 Å². The molecule has 1 heterocycles. The monoisotopic (exact) mass is 259 g/mol. The van der Waals surface area contributed by atoms with Crippen LogP contribution in [0.5, 0.6) is 0 Å². The summed E-state index contributed by atoms with van der Waals surface area (Å²) in [5.41, 5.74) is 1.97. The minimum Gasteiger partial charge on any atom is -0.294 e. The number of thiophene rings is 1. The second-order valence-electron chi connectivity index (χ2n) is 4.54.